The summed E-state index contributed by atoms with van der Waals surface area (Å²) in [5, 5.41) is 0. The van der Waals surface area contributed by atoms with Gasteiger partial charge in [-0.05, 0) is 19.9 Å². The summed E-state index contributed by atoms with van der Waals surface area (Å²) in [6.07, 6.45) is 6.36. The molecule has 0 spiro atoms. The van der Waals surface area contributed by atoms with Crippen molar-refractivity contribution in [3.63, 3.8) is 0 Å². The molecule has 1 heterocycles. The van der Waals surface area contributed by atoms with Gasteiger partial charge in [0, 0.05) is 12.8 Å². The third kappa shape index (κ3) is 1.63. The zero-order valence-electron chi connectivity index (χ0n) is 6.68. The van der Waals surface area contributed by atoms with Gasteiger partial charge in [-0.15, -0.1) is 0 Å². The second-order valence-electron chi connectivity index (χ2n) is 2.48. The number of hydrogen-bond acceptors (Lipinski definition) is 1. The Kier molecular flexibility index (Phi) is 2.55. The highest BCUT2D eigenvalue weighted by Gasteiger charge is 2.08. The van der Waals surface area contributed by atoms with Gasteiger partial charge in [-0.2, -0.15) is 0 Å². The van der Waals surface area contributed by atoms with Gasteiger partial charge in [0.2, 0.25) is 0 Å². The van der Waals surface area contributed by atoms with E-state index < -0.39 is 0 Å². The maximum Gasteiger partial charge on any atom is 0.0957 e. The molecule has 10 heavy (non-hydrogen) atoms. The first-order chi connectivity index (χ1) is 4.86. The van der Waals surface area contributed by atoms with E-state index in [2.05, 4.69) is 13.0 Å². The fourth-order valence-electron chi connectivity index (χ4n) is 1.11. The monoisotopic (exact) mass is 138 g/mol. The molecule has 0 aromatic carbocycles. The molecular formula is C9H14O. The molecule has 0 amide bonds. The van der Waals surface area contributed by atoms with E-state index in [9.17, 15) is 0 Å². The van der Waals surface area contributed by atoms with Crippen LogP contribution in [-0.2, 0) is 4.74 Å². The predicted octanol–water partition coefficient (Wildman–Crippen LogP) is 2.65. The Morgan fingerprint density at radius 3 is 2.70 bits per heavy atom. The molecular weight excluding hydrogens is 124 g/mol. The summed E-state index contributed by atoms with van der Waals surface area (Å²) in [7, 11) is 0. The molecule has 0 unspecified atom stereocenters. The van der Waals surface area contributed by atoms with Gasteiger partial charge >= 0.3 is 0 Å². The number of ether oxygens (including phenoxy) is 1. The van der Waals surface area contributed by atoms with Crippen LogP contribution < -0.4 is 0 Å². The maximum atomic E-state index is 5.38. The molecule has 1 aliphatic rings. The molecule has 0 bridgehead atoms. The van der Waals surface area contributed by atoms with Crippen LogP contribution in [0.4, 0.5) is 0 Å². The second-order valence-corrected chi connectivity index (χ2v) is 2.48. The molecule has 0 aromatic rings. The Bertz CT molecular complexity index is 148. The largest absolute Gasteiger partial charge is 0.498 e. The van der Waals surface area contributed by atoms with E-state index in [0.29, 0.717) is 0 Å². The number of allylic oxidation sites excluding steroid dienone is 3. The van der Waals surface area contributed by atoms with Gasteiger partial charge in [0.05, 0.1) is 12.4 Å². The van der Waals surface area contributed by atoms with Crippen molar-refractivity contribution in [2.75, 3.05) is 6.61 Å². The molecule has 1 aliphatic heterocycles. The van der Waals surface area contributed by atoms with E-state index in [4.69, 9.17) is 4.74 Å². The minimum Gasteiger partial charge on any atom is -0.498 e. The molecule has 0 N–H and O–H groups in total. The van der Waals surface area contributed by atoms with Gasteiger partial charge < -0.3 is 4.74 Å². The van der Waals surface area contributed by atoms with Crippen LogP contribution in [0.1, 0.15) is 26.7 Å². The molecule has 1 fully saturated rings. The standard InChI is InChI=1S/C9H14O/c1-3-8-5-6-10-9(4-2)7-8/h3-4H,5-7H2,1-2H3/b8-3-,9-4+. The lowest BCUT2D eigenvalue weighted by Gasteiger charge is -2.18. The van der Waals surface area contributed by atoms with Crippen molar-refractivity contribution < 1.29 is 4.74 Å². The van der Waals surface area contributed by atoms with Crippen LogP contribution >= 0.6 is 0 Å². The lowest BCUT2D eigenvalue weighted by Crippen LogP contribution is -2.05. The molecule has 0 aromatic heterocycles. The minimum atomic E-state index is 0.860. The van der Waals surface area contributed by atoms with E-state index >= 15 is 0 Å². The average molecular weight is 138 g/mol. The molecule has 0 atom stereocenters. The van der Waals surface area contributed by atoms with Gasteiger partial charge in [-0.25, -0.2) is 0 Å². The highest BCUT2D eigenvalue weighted by atomic mass is 16.5. The first kappa shape index (κ1) is 7.39. The Morgan fingerprint density at radius 1 is 1.30 bits per heavy atom. The third-order valence-electron chi connectivity index (χ3n) is 1.84. The summed E-state index contributed by atoms with van der Waals surface area (Å²) in [5.41, 5.74) is 1.50. The lowest BCUT2D eigenvalue weighted by atomic mass is 10.1. The lowest BCUT2D eigenvalue weighted by molar-refractivity contribution is 0.188. The van der Waals surface area contributed by atoms with Crippen LogP contribution in [-0.4, -0.2) is 6.61 Å². The van der Waals surface area contributed by atoms with Gasteiger partial charge in [0.25, 0.3) is 0 Å². The second kappa shape index (κ2) is 3.45. The highest BCUT2D eigenvalue weighted by molar-refractivity contribution is 5.13. The summed E-state index contributed by atoms with van der Waals surface area (Å²) < 4.78 is 5.38. The first-order valence-corrected chi connectivity index (χ1v) is 3.79. The van der Waals surface area contributed by atoms with Crippen molar-refractivity contribution in [1.29, 1.82) is 0 Å². The summed E-state index contributed by atoms with van der Waals surface area (Å²) in [5.74, 6) is 1.12. The van der Waals surface area contributed by atoms with Crippen LogP contribution in [0, 0.1) is 0 Å². The van der Waals surface area contributed by atoms with Crippen molar-refractivity contribution in [1.82, 2.24) is 0 Å². The van der Waals surface area contributed by atoms with Crippen LogP contribution in [0.3, 0.4) is 0 Å². The summed E-state index contributed by atoms with van der Waals surface area (Å²) >= 11 is 0. The normalized spacial score (nSPS) is 27.0. The van der Waals surface area contributed by atoms with Crippen molar-refractivity contribution in [2.24, 2.45) is 0 Å². The molecule has 0 aliphatic carbocycles. The van der Waals surface area contributed by atoms with Crippen LogP contribution in [0.15, 0.2) is 23.5 Å². The minimum absolute atomic E-state index is 0.860. The van der Waals surface area contributed by atoms with E-state index in [1.807, 2.05) is 13.0 Å². The van der Waals surface area contributed by atoms with Crippen molar-refractivity contribution in [2.45, 2.75) is 26.7 Å². The van der Waals surface area contributed by atoms with Crippen molar-refractivity contribution in [3.8, 4) is 0 Å². The van der Waals surface area contributed by atoms with Gasteiger partial charge in [-0.3, -0.25) is 0 Å². The smallest absolute Gasteiger partial charge is 0.0957 e. The predicted molar refractivity (Wildman–Crippen MR) is 42.7 cm³/mol. The van der Waals surface area contributed by atoms with Crippen LogP contribution in [0.2, 0.25) is 0 Å². The Balaban J connectivity index is 2.56. The van der Waals surface area contributed by atoms with Crippen LogP contribution in [0.5, 0.6) is 0 Å². The molecule has 1 heteroatoms. The zero-order chi connectivity index (χ0) is 7.40. The fourth-order valence-corrected chi connectivity index (χ4v) is 1.11. The van der Waals surface area contributed by atoms with Crippen molar-refractivity contribution >= 4 is 0 Å². The fraction of sp³-hybridized carbons (Fsp3) is 0.556. The highest BCUT2D eigenvalue weighted by Crippen LogP contribution is 2.21. The Labute approximate surface area is 62.4 Å². The molecule has 56 valence electrons. The van der Waals surface area contributed by atoms with Gasteiger partial charge in [0.15, 0.2) is 0 Å². The molecule has 0 radical (unpaired) electrons. The summed E-state index contributed by atoms with van der Waals surface area (Å²) in [6.45, 7) is 4.97. The molecule has 1 nitrogen and oxygen atoms in total. The molecule has 0 saturated carbocycles. The average Bonchev–Trinajstić information content (AvgIpc) is 2.05. The third-order valence-corrected chi connectivity index (χ3v) is 1.84. The Hall–Kier alpha value is -0.720. The van der Waals surface area contributed by atoms with E-state index in [1.165, 1.54) is 5.57 Å². The molecule has 1 rings (SSSR count). The Morgan fingerprint density at radius 2 is 2.10 bits per heavy atom. The maximum absolute atomic E-state index is 5.38. The van der Waals surface area contributed by atoms with Gasteiger partial charge in [-0.1, -0.05) is 11.6 Å². The SMILES string of the molecule is C/C=C1/CCO/C(=C/C)C1. The van der Waals surface area contributed by atoms with Crippen LogP contribution in [0.25, 0.3) is 0 Å². The quantitative estimate of drug-likeness (QED) is 0.467. The van der Waals surface area contributed by atoms with E-state index in [-0.39, 0.29) is 0 Å². The van der Waals surface area contributed by atoms with E-state index in [1.54, 1.807) is 0 Å². The zero-order valence-corrected chi connectivity index (χ0v) is 6.68. The molecule has 1 saturated heterocycles. The number of rotatable bonds is 0. The van der Waals surface area contributed by atoms with Gasteiger partial charge in [0.1, 0.15) is 0 Å². The summed E-state index contributed by atoms with van der Waals surface area (Å²) in [6, 6.07) is 0. The first-order valence-electron chi connectivity index (χ1n) is 3.79. The number of hydrogen-bond donors (Lipinski definition) is 0. The van der Waals surface area contributed by atoms with E-state index in [0.717, 1.165) is 25.2 Å². The van der Waals surface area contributed by atoms with Crippen molar-refractivity contribution in [3.05, 3.63) is 23.5 Å². The summed E-state index contributed by atoms with van der Waals surface area (Å²) in [4.78, 5) is 0. The topological polar surface area (TPSA) is 9.23 Å².